The molecule has 2 heterocycles. The molecule has 1 aromatic carbocycles. The highest BCUT2D eigenvalue weighted by molar-refractivity contribution is 7.92. The minimum atomic E-state index is -3.41. The van der Waals surface area contributed by atoms with Crippen molar-refractivity contribution >= 4 is 16.1 Å². The molecule has 0 spiro atoms. The normalized spacial score (nSPS) is 17.8. The summed E-state index contributed by atoms with van der Waals surface area (Å²) in [5.41, 5.74) is 1.77. The Hall–Kier alpha value is -1.96. The van der Waals surface area contributed by atoms with Gasteiger partial charge in [-0.2, -0.15) is 4.31 Å². The molecule has 2 aromatic rings. The molecule has 1 aliphatic heterocycles. The van der Waals surface area contributed by atoms with E-state index in [-0.39, 0.29) is 0 Å². The number of nitrogens with zero attached hydrogens (tertiary/aromatic N) is 3. The van der Waals surface area contributed by atoms with Crippen molar-refractivity contribution in [1.82, 2.24) is 14.4 Å². The summed E-state index contributed by atoms with van der Waals surface area (Å²) in [5.74, 6) is 0.792. The maximum Gasteiger partial charge on any atom is 0.236 e. The Labute approximate surface area is 148 Å². The van der Waals surface area contributed by atoms with E-state index in [2.05, 4.69) is 10.1 Å². The van der Waals surface area contributed by atoms with Gasteiger partial charge in [-0.05, 0) is 31.5 Å². The van der Waals surface area contributed by atoms with Crippen LogP contribution in [0.25, 0.3) is 6.08 Å². The van der Waals surface area contributed by atoms with Gasteiger partial charge >= 0.3 is 0 Å². The van der Waals surface area contributed by atoms with Crippen LogP contribution in [-0.2, 0) is 16.6 Å². The van der Waals surface area contributed by atoms with E-state index in [0.717, 1.165) is 30.0 Å². The SMILES string of the molecule is Cc1cc(CN2CCCN(S(=O)(=O)C=Cc3ccccc3)CC2)no1. The molecule has 0 atom stereocenters. The number of rotatable bonds is 5. The van der Waals surface area contributed by atoms with Crippen LogP contribution in [0.2, 0.25) is 0 Å². The standard InChI is InChI=1S/C18H23N3O3S/c1-16-14-18(19-24-16)15-20-9-5-10-21(12-11-20)25(22,23)13-8-17-6-3-2-4-7-17/h2-4,6-8,13-14H,5,9-12,15H2,1H3. The highest BCUT2D eigenvalue weighted by Gasteiger charge is 2.23. The second kappa shape index (κ2) is 7.95. The van der Waals surface area contributed by atoms with Crippen molar-refractivity contribution in [3.8, 4) is 0 Å². The van der Waals surface area contributed by atoms with E-state index in [1.807, 2.05) is 43.3 Å². The van der Waals surface area contributed by atoms with Crippen LogP contribution in [0.5, 0.6) is 0 Å². The molecular formula is C18H23N3O3S. The average Bonchev–Trinajstić information content (AvgIpc) is 2.86. The predicted molar refractivity (Wildman–Crippen MR) is 97.1 cm³/mol. The number of hydrogen-bond acceptors (Lipinski definition) is 5. The number of hydrogen-bond donors (Lipinski definition) is 0. The first-order valence-corrected chi connectivity index (χ1v) is 9.91. The zero-order valence-corrected chi connectivity index (χ0v) is 15.2. The molecule has 0 aliphatic carbocycles. The maximum absolute atomic E-state index is 12.6. The van der Waals surface area contributed by atoms with Crippen LogP contribution in [-0.4, -0.2) is 49.0 Å². The van der Waals surface area contributed by atoms with E-state index in [4.69, 9.17) is 4.52 Å². The van der Waals surface area contributed by atoms with Gasteiger partial charge in [0.05, 0.1) is 5.69 Å². The highest BCUT2D eigenvalue weighted by atomic mass is 32.2. The van der Waals surface area contributed by atoms with Crippen molar-refractivity contribution < 1.29 is 12.9 Å². The van der Waals surface area contributed by atoms with Crippen molar-refractivity contribution in [3.63, 3.8) is 0 Å². The number of sulfonamides is 1. The zero-order valence-electron chi connectivity index (χ0n) is 14.3. The lowest BCUT2D eigenvalue weighted by Gasteiger charge is -2.19. The van der Waals surface area contributed by atoms with Crippen LogP contribution >= 0.6 is 0 Å². The van der Waals surface area contributed by atoms with Crippen molar-refractivity contribution in [1.29, 1.82) is 0 Å². The third-order valence-corrected chi connectivity index (χ3v) is 5.77. The summed E-state index contributed by atoms with van der Waals surface area (Å²) in [5, 5.41) is 5.32. The molecule has 0 saturated carbocycles. The van der Waals surface area contributed by atoms with Crippen LogP contribution in [0.1, 0.15) is 23.4 Å². The summed E-state index contributed by atoms with van der Waals surface area (Å²) in [4.78, 5) is 2.22. The predicted octanol–water partition coefficient (Wildman–Crippen LogP) is 2.49. The quantitative estimate of drug-likeness (QED) is 0.818. The van der Waals surface area contributed by atoms with Crippen LogP contribution in [0, 0.1) is 6.92 Å². The third kappa shape index (κ3) is 5.01. The molecule has 1 aromatic heterocycles. The molecule has 0 radical (unpaired) electrons. The molecule has 6 nitrogen and oxygen atoms in total. The lowest BCUT2D eigenvalue weighted by molar-refractivity contribution is 0.268. The summed E-state index contributed by atoms with van der Waals surface area (Å²) in [6.07, 6.45) is 2.45. The van der Waals surface area contributed by atoms with E-state index in [0.29, 0.717) is 26.2 Å². The molecule has 25 heavy (non-hydrogen) atoms. The smallest absolute Gasteiger partial charge is 0.236 e. The Kier molecular flexibility index (Phi) is 5.67. The van der Waals surface area contributed by atoms with Gasteiger partial charge in [0, 0.05) is 37.7 Å². The van der Waals surface area contributed by atoms with Crippen molar-refractivity contribution in [2.24, 2.45) is 0 Å². The van der Waals surface area contributed by atoms with Gasteiger partial charge in [-0.3, -0.25) is 4.90 Å². The molecular weight excluding hydrogens is 338 g/mol. The van der Waals surface area contributed by atoms with Gasteiger partial charge in [-0.25, -0.2) is 8.42 Å². The van der Waals surface area contributed by atoms with Crippen LogP contribution < -0.4 is 0 Å². The third-order valence-electron chi connectivity index (χ3n) is 4.20. The van der Waals surface area contributed by atoms with Gasteiger partial charge in [0.1, 0.15) is 5.76 Å². The average molecular weight is 361 g/mol. The van der Waals surface area contributed by atoms with Gasteiger partial charge < -0.3 is 4.52 Å². The van der Waals surface area contributed by atoms with E-state index >= 15 is 0 Å². The molecule has 0 N–H and O–H groups in total. The molecule has 0 unspecified atom stereocenters. The Morgan fingerprint density at radius 1 is 1.16 bits per heavy atom. The number of aromatic nitrogens is 1. The van der Waals surface area contributed by atoms with E-state index in [1.165, 1.54) is 5.41 Å². The van der Waals surface area contributed by atoms with Gasteiger partial charge in [-0.1, -0.05) is 35.5 Å². The fourth-order valence-electron chi connectivity index (χ4n) is 2.90. The Morgan fingerprint density at radius 2 is 1.96 bits per heavy atom. The summed E-state index contributed by atoms with van der Waals surface area (Å²) < 4.78 is 31.8. The summed E-state index contributed by atoms with van der Waals surface area (Å²) >= 11 is 0. The first-order chi connectivity index (χ1) is 12.0. The van der Waals surface area contributed by atoms with Crippen molar-refractivity contribution in [2.75, 3.05) is 26.2 Å². The van der Waals surface area contributed by atoms with Crippen LogP contribution in [0.15, 0.2) is 46.3 Å². The van der Waals surface area contributed by atoms with E-state index in [1.54, 1.807) is 10.4 Å². The second-order valence-corrected chi connectivity index (χ2v) is 8.03. The van der Waals surface area contributed by atoms with Crippen LogP contribution in [0.4, 0.5) is 0 Å². The van der Waals surface area contributed by atoms with E-state index < -0.39 is 10.0 Å². The molecule has 3 rings (SSSR count). The first kappa shape index (κ1) is 17.8. The lowest BCUT2D eigenvalue weighted by atomic mass is 10.2. The van der Waals surface area contributed by atoms with Crippen LogP contribution in [0.3, 0.4) is 0 Å². The van der Waals surface area contributed by atoms with Gasteiger partial charge in [0.15, 0.2) is 0 Å². The topological polar surface area (TPSA) is 66.7 Å². The van der Waals surface area contributed by atoms with Gasteiger partial charge in [-0.15, -0.1) is 0 Å². The summed E-state index contributed by atoms with van der Waals surface area (Å²) in [6, 6.07) is 11.4. The van der Waals surface area contributed by atoms with Gasteiger partial charge in [0.25, 0.3) is 0 Å². The molecule has 134 valence electrons. The Balaban J connectivity index is 1.60. The molecule has 7 heteroatoms. The summed E-state index contributed by atoms with van der Waals surface area (Å²) in [6.45, 7) is 5.11. The zero-order chi connectivity index (χ0) is 17.7. The molecule has 0 amide bonds. The Bertz CT molecular complexity index is 815. The van der Waals surface area contributed by atoms with Gasteiger partial charge in [0.2, 0.25) is 10.0 Å². The first-order valence-electron chi connectivity index (χ1n) is 8.41. The number of aryl methyl sites for hydroxylation is 1. The fourth-order valence-corrected chi connectivity index (χ4v) is 4.12. The number of benzene rings is 1. The highest BCUT2D eigenvalue weighted by Crippen LogP contribution is 2.14. The molecule has 0 bridgehead atoms. The minimum absolute atomic E-state index is 0.484. The van der Waals surface area contributed by atoms with Crippen molar-refractivity contribution in [2.45, 2.75) is 19.9 Å². The second-order valence-electron chi connectivity index (χ2n) is 6.22. The summed E-state index contributed by atoms with van der Waals surface area (Å²) in [7, 11) is -3.41. The minimum Gasteiger partial charge on any atom is -0.361 e. The largest absolute Gasteiger partial charge is 0.361 e. The fraction of sp³-hybridized carbons (Fsp3) is 0.389. The Morgan fingerprint density at radius 3 is 2.68 bits per heavy atom. The lowest BCUT2D eigenvalue weighted by Crippen LogP contribution is -2.33. The monoisotopic (exact) mass is 361 g/mol. The molecule has 1 fully saturated rings. The maximum atomic E-state index is 12.6. The molecule has 1 aliphatic rings. The van der Waals surface area contributed by atoms with E-state index in [9.17, 15) is 8.42 Å². The molecule has 1 saturated heterocycles. The van der Waals surface area contributed by atoms with Crippen molar-refractivity contribution in [3.05, 3.63) is 58.8 Å².